The average molecular weight is 889 g/mol. The largest absolute Gasteiger partial charge is 0.507 e. The topological polar surface area (TPSA) is 80.9 Å². The van der Waals surface area contributed by atoms with Crippen molar-refractivity contribution in [2.45, 2.75) is 241 Å². The van der Waals surface area contributed by atoms with E-state index in [1.807, 2.05) is 0 Å². The van der Waals surface area contributed by atoms with E-state index in [2.05, 4.69) is 215 Å². The van der Waals surface area contributed by atoms with Crippen LogP contribution in [-0.2, 0) is 43.3 Å². The molecule has 4 aromatic rings. The quantitative estimate of drug-likeness (QED) is 0.142. The maximum absolute atomic E-state index is 12.0. The molecule has 4 rings (SSSR count). The highest BCUT2D eigenvalue weighted by Crippen LogP contribution is 2.50. The van der Waals surface area contributed by atoms with Gasteiger partial charge in [0.15, 0.2) is 0 Å². The Balaban J connectivity index is 2.14. The van der Waals surface area contributed by atoms with Crippen LogP contribution in [0.2, 0.25) is 0 Å². The number of hydrogen-bond acceptors (Lipinski definition) is 4. The highest BCUT2D eigenvalue weighted by Gasteiger charge is 2.35. The van der Waals surface area contributed by atoms with Crippen LogP contribution in [0.25, 0.3) is 0 Å². The maximum atomic E-state index is 12.0. The Hall–Kier alpha value is -3.92. The van der Waals surface area contributed by atoms with Crippen molar-refractivity contribution >= 4 is 0 Å². The molecular weight excluding hydrogens is 797 g/mol. The summed E-state index contributed by atoms with van der Waals surface area (Å²) in [6.45, 7) is 52.3. The molecule has 0 saturated carbocycles. The first-order chi connectivity index (χ1) is 29.0. The minimum absolute atomic E-state index is 0.0496. The fourth-order valence-electron chi connectivity index (χ4n) is 9.58. The van der Waals surface area contributed by atoms with E-state index in [0.29, 0.717) is 23.0 Å². The van der Waals surface area contributed by atoms with Crippen LogP contribution in [0.1, 0.15) is 264 Å². The summed E-state index contributed by atoms with van der Waals surface area (Å²) >= 11 is 0. The third-order valence-electron chi connectivity index (χ3n) is 13.6. The highest BCUT2D eigenvalue weighted by atomic mass is 16.3. The zero-order chi connectivity index (χ0) is 50.2. The minimum atomic E-state index is -0.305. The first-order valence-corrected chi connectivity index (χ1v) is 24.5. The molecule has 4 nitrogen and oxygen atoms in total. The lowest BCUT2D eigenvalue weighted by molar-refractivity contribution is 0.420. The minimum Gasteiger partial charge on any atom is -0.507 e. The number of phenols is 4. The lowest BCUT2D eigenvalue weighted by atomic mass is 9.72. The predicted molar refractivity (Wildman–Crippen MR) is 280 cm³/mol. The van der Waals surface area contributed by atoms with E-state index in [1.54, 1.807) is 0 Å². The van der Waals surface area contributed by atoms with Crippen molar-refractivity contribution in [1.82, 2.24) is 0 Å². The lowest BCUT2D eigenvalue weighted by Gasteiger charge is -2.33. The molecule has 0 radical (unpaired) electrons. The van der Waals surface area contributed by atoms with Crippen molar-refractivity contribution < 1.29 is 20.4 Å². The van der Waals surface area contributed by atoms with Gasteiger partial charge in [-0.25, -0.2) is 0 Å². The van der Waals surface area contributed by atoms with E-state index in [-0.39, 0.29) is 55.2 Å². The molecule has 4 N–H and O–H groups in total. The normalized spacial score (nSPS) is 13.9. The Morgan fingerprint density at radius 1 is 0.262 bits per heavy atom. The van der Waals surface area contributed by atoms with Crippen LogP contribution in [0.5, 0.6) is 23.0 Å². The van der Waals surface area contributed by atoms with E-state index < -0.39 is 0 Å². The summed E-state index contributed by atoms with van der Waals surface area (Å²) in [6.07, 6.45) is 2.49. The number of aromatic hydroxyl groups is 4. The van der Waals surface area contributed by atoms with Gasteiger partial charge in [0.25, 0.3) is 0 Å². The molecule has 65 heavy (non-hydrogen) atoms. The van der Waals surface area contributed by atoms with Crippen molar-refractivity contribution in [3.05, 3.63) is 115 Å². The van der Waals surface area contributed by atoms with Gasteiger partial charge in [-0.15, -0.1) is 0 Å². The molecule has 0 bridgehead atoms. The number of phenolic OH excluding ortho intramolecular Hbond substituents is 4. The Morgan fingerprint density at radius 3 is 0.492 bits per heavy atom. The number of hydrogen-bond donors (Lipinski definition) is 4. The maximum Gasteiger partial charge on any atom is 0.123 e. The van der Waals surface area contributed by atoms with E-state index in [4.69, 9.17) is 0 Å². The molecule has 0 fully saturated rings. The van der Waals surface area contributed by atoms with Crippen LogP contribution in [0.4, 0.5) is 0 Å². The van der Waals surface area contributed by atoms with Crippen molar-refractivity contribution in [2.75, 3.05) is 0 Å². The molecule has 4 aromatic carbocycles. The first kappa shape index (κ1) is 53.7. The molecule has 0 aliphatic rings. The zero-order valence-corrected chi connectivity index (χ0v) is 45.7. The van der Waals surface area contributed by atoms with Gasteiger partial charge in [0.2, 0.25) is 0 Å². The van der Waals surface area contributed by atoms with Gasteiger partial charge in [-0.3, -0.25) is 0 Å². The Labute approximate surface area is 397 Å². The molecule has 0 unspecified atom stereocenters. The number of benzene rings is 4. The Morgan fingerprint density at radius 2 is 0.385 bits per heavy atom. The smallest absolute Gasteiger partial charge is 0.123 e. The van der Waals surface area contributed by atoms with E-state index in [9.17, 15) is 20.4 Å². The molecule has 4 heteroatoms. The summed E-state index contributed by atoms with van der Waals surface area (Å²) in [6, 6.07) is 18.0. The molecule has 0 aliphatic carbocycles. The van der Waals surface area contributed by atoms with Crippen LogP contribution in [-0.4, -0.2) is 20.4 Å². The monoisotopic (exact) mass is 889 g/mol. The Bertz CT molecular complexity index is 1880. The second-order valence-corrected chi connectivity index (χ2v) is 27.9. The van der Waals surface area contributed by atoms with Gasteiger partial charge in [-0.2, -0.15) is 0 Å². The summed E-state index contributed by atoms with van der Waals surface area (Å²) in [5.74, 6) is 1.39. The average Bonchev–Trinajstić information content (AvgIpc) is 3.09. The predicted octanol–water partition coefficient (Wildman–Crippen LogP) is 17.0. The van der Waals surface area contributed by atoms with Crippen molar-refractivity contribution in [3.8, 4) is 23.0 Å². The SMILES string of the molecule is CC(C)(C)c1cc(C(CCCC(c2cc(C(C)(C)C)c(O)c(C(C)(C)C)c2)c2cc(C(C)(C)C)c(O)c(C(C)(C)C)c2)c2cc(C(C)(C)C)c(O)c(C(C)(C)C)c2)cc(C(C)(C)C)c1O. The highest BCUT2D eigenvalue weighted by molar-refractivity contribution is 5.57. The molecule has 0 aliphatic heterocycles. The third kappa shape index (κ3) is 12.0. The first-order valence-electron chi connectivity index (χ1n) is 24.5. The Kier molecular flexibility index (Phi) is 14.6. The van der Waals surface area contributed by atoms with E-state index in [1.165, 1.54) is 22.3 Å². The van der Waals surface area contributed by atoms with Gasteiger partial charge in [-0.1, -0.05) is 221 Å². The van der Waals surface area contributed by atoms with Gasteiger partial charge >= 0.3 is 0 Å². The summed E-state index contributed by atoms with van der Waals surface area (Å²) in [4.78, 5) is 0. The summed E-state index contributed by atoms with van der Waals surface area (Å²) in [7, 11) is 0. The van der Waals surface area contributed by atoms with Crippen LogP contribution in [0.3, 0.4) is 0 Å². The van der Waals surface area contributed by atoms with Crippen LogP contribution >= 0.6 is 0 Å². The second kappa shape index (κ2) is 17.6. The molecule has 0 aromatic heterocycles. The molecule has 0 amide bonds. The van der Waals surface area contributed by atoms with Gasteiger partial charge < -0.3 is 20.4 Å². The fraction of sp³-hybridized carbons (Fsp3) is 0.607. The molecule has 0 atom stereocenters. The summed E-state index contributed by atoms with van der Waals surface area (Å²) in [5.41, 5.74) is 9.77. The van der Waals surface area contributed by atoms with E-state index in [0.717, 1.165) is 63.8 Å². The molecule has 0 spiro atoms. The third-order valence-corrected chi connectivity index (χ3v) is 13.6. The van der Waals surface area contributed by atoms with Crippen molar-refractivity contribution in [2.24, 2.45) is 0 Å². The zero-order valence-electron chi connectivity index (χ0n) is 45.7. The van der Waals surface area contributed by atoms with Crippen LogP contribution in [0, 0.1) is 0 Å². The van der Waals surface area contributed by atoms with Gasteiger partial charge in [0.1, 0.15) is 23.0 Å². The summed E-state index contributed by atoms with van der Waals surface area (Å²) in [5, 5.41) is 47.9. The summed E-state index contributed by atoms with van der Waals surface area (Å²) < 4.78 is 0. The fourth-order valence-corrected chi connectivity index (χ4v) is 9.58. The van der Waals surface area contributed by atoms with E-state index >= 15 is 0 Å². The lowest BCUT2D eigenvalue weighted by Crippen LogP contribution is -2.21. The standard InChI is InChI=1S/C61H92O4/c1-54(2,3)42-28-36(29-43(50(42)62)55(4,5)6)40(37-30-44(56(7,8)9)51(63)45(31-37)57(10,11)12)26-25-27-41(38-32-46(58(13,14)15)52(64)47(33-38)59(16,17)18)39-34-48(60(19,20)21)53(65)49(35-39)61(22,23)24/h28-35,40-41,62-65H,25-27H2,1-24H3. The second-order valence-electron chi connectivity index (χ2n) is 27.9. The molecular formula is C61H92O4. The van der Waals surface area contributed by atoms with Crippen LogP contribution < -0.4 is 0 Å². The molecule has 0 saturated heterocycles. The van der Waals surface area contributed by atoms with Crippen molar-refractivity contribution in [1.29, 1.82) is 0 Å². The van der Waals surface area contributed by atoms with Gasteiger partial charge in [0, 0.05) is 11.8 Å². The van der Waals surface area contributed by atoms with Crippen molar-refractivity contribution in [3.63, 3.8) is 0 Å². The van der Waals surface area contributed by atoms with Gasteiger partial charge in [0.05, 0.1) is 0 Å². The van der Waals surface area contributed by atoms with Crippen LogP contribution in [0.15, 0.2) is 48.5 Å². The van der Waals surface area contributed by atoms with Gasteiger partial charge in [-0.05, 0) is 123 Å². The number of rotatable bonds is 8. The molecule has 360 valence electrons. The molecule has 0 heterocycles.